The molecule has 19 heavy (non-hydrogen) atoms. The van der Waals surface area contributed by atoms with E-state index >= 15 is 0 Å². The molecule has 0 radical (unpaired) electrons. The van der Waals surface area contributed by atoms with Crippen molar-refractivity contribution in [2.75, 3.05) is 25.9 Å². The Bertz CT molecular complexity index is 405. The second-order valence-electron chi connectivity index (χ2n) is 3.68. The summed E-state index contributed by atoms with van der Waals surface area (Å²) < 4.78 is 0. The van der Waals surface area contributed by atoms with Crippen molar-refractivity contribution in [1.29, 1.82) is 0 Å². The van der Waals surface area contributed by atoms with Crippen LogP contribution in [0.5, 0.6) is 0 Å². The van der Waals surface area contributed by atoms with Crippen LogP contribution in [0.15, 0.2) is 18.2 Å². The lowest BCUT2D eigenvalue weighted by Gasteiger charge is -2.06. The van der Waals surface area contributed by atoms with Gasteiger partial charge in [0.05, 0.1) is 5.75 Å². The SMILES string of the molecule is CNCCNC(=O)CSCc1ccc(Cl)cc1Cl.Cl. The van der Waals surface area contributed by atoms with E-state index in [1.54, 1.807) is 12.1 Å². The molecule has 2 N–H and O–H groups in total. The van der Waals surface area contributed by atoms with Crippen molar-refractivity contribution >= 4 is 53.3 Å². The lowest BCUT2D eigenvalue weighted by molar-refractivity contribution is -0.118. The zero-order chi connectivity index (χ0) is 13.4. The predicted molar refractivity (Wildman–Crippen MR) is 86.8 cm³/mol. The first-order valence-corrected chi connectivity index (χ1v) is 7.47. The summed E-state index contributed by atoms with van der Waals surface area (Å²) in [5.74, 6) is 1.18. The molecule has 1 rings (SSSR count). The minimum absolute atomic E-state index is 0. The fraction of sp³-hybridized carbons (Fsp3) is 0.417. The minimum atomic E-state index is 0. The number of thioether (sulfide) groups is 1. The van der Waals surface area contributed by atoms with Crippen LogP contribution in [0.4, 0.5) is 0 Å². The van der Waals surface area contributed by atoms with Crippen LogP contribution in [0.3, 0.4) is 0 Å². The summed E-state index contributed by atoms with van der Waals surface area (Å²) in [5, 5.41) is 7.05. The van der Waals surface area contributed by atoms with Crippen molar-refractivity contribution < 1.29 is 4.79 Å². The van der Waals surface area contributed by atoms with Crippen molar-refractivity contribution in [3.63, 3.8) is 0 Å². The Kier molecular flexibility index (Phi) is 10.6. The van der Waals surface area contributed by atoms with E-state index in [0.717, 1.165) is 12.1 Å². The fourth-order valence-corrected chi connectivity index (χ4v) is 2.69. The van der Waals surface area contributed by atoms with Gasteiger partial charge in [-0.15, -0.1) is 24.2 Å². The van der Waals surface area contributed by atoms with E-state index in [-0.39, 0.29) is 18.3 Å². The molecule has 0 atom stereocenters. The third-order valence-electron chi connectivity index (χ3n) is 2.20. The van der Waals surface area contributed by atoms with Gasteiger partial charge in [0.15, 0.2) is 0 Å². The summed E-state index contributed by atoms with van der Waals surface area (Å²) in [6.45, 7) is 1.43. The van der Waals surface area contributed by atoms with Crippen molar-refractivity contribution in [2.45, 2.75) is 5.75 Å². The van der Waals surface area contributed by atoms with Gasteiger partial charge in [0.1, 0.15) is 0 Å². The Morgan fingerprint density at radius 3 is 2.68 bits per heavy atom. The maximum absolute atomic E-state index is 11.4. The van der Waals surface area contributed by atoms with Gasteiger partial charge in [-0.25, -0.2) is 0 Å². The van der Waals surface area contributed by atoms with E-state index in [4.69, 9.17) is 23.2 Å². The van der Waals surface area contributed by atoms with E-state index in [0.29, 0.717) is 28.1 Å². The smallest absolute Gasteiger partial charge is 0.230 e. The summed E-state index contributed by atoms with van der Waals surface area (Å²) in [5.41, 5.74) is 0.995. The monoisotopic (exact) mass is 342 g/mol. The number of amides is 1. The van der Waals surface area contributed by atoms with Gasteiger partial charge in [-0.3, -0.25) is 4.79 Å². The normalized spacial score (nSPS) is 9.84. The molecule has 0 unspecified atom stereocenters. The second kappa shape index (κ2) is 10.6. The summed E-state index contributed by atoms with van der Waals surface area (Å²) in [7, 11) is 1.85. The zero-order valence-electron chi connectivity index (χ0n) is 10.5. The highest BCUT2D eigenvalue weighted by atomic mass is 35.5. The third-order valence-corrected chi connectivity index (χ3v) is 3.77. The quantitative estimate of drug-likeness (QED) is 0.748. The molecule has 0 aliphatic rings. The number of likely N-dealkylation sites (N-methyl/N-ethyl adjacent to an activating group) is 1. The van der Waals surface area contributed by atoms with Gasteiger partial charge in [-0.05, 0) is 24.7 Å². The van der Waals surface area contributed by atoms with Crippen LogP contribution in [-0.2, 0) is 10.5 Å². The molecule has 1 aromatic rings. The van der Waals surface area contributed by atoms with Crippen LogP contribution in [-0.4, -0.2) is 31.8 Å². The van der Waals surface area contributed by atoms with Gasteiger partial charge in [-0.2, -0.15) is 0 Å². The molecule has 108 valence electrons. The van der Waals surface area contributed by atoms with E-state index in [1.165, 1.54) is 11.8 Å². The van der Waals surface area contributed by atoms with Crippen LogP contribution < -0.4 is 10.6 Å². The summed E-state index contributed by atoms with van der Waals surface area (Å²) in [6.07, 6.45) is 0. The van der Waals surface area contributed by atoms with E-state index < -0.39 is 0 Å². The maximum atomic E-state index is 11.4. The number of rotatable bonds is 7. The Morgan fingerprint density at radius 2 is 2.05 bits per heavy atom. The van der Waals surface area contributed by atoms with Crippen LogP contribution in [0, 0.1) is 0 Å². The number of hydrogen-bond acceptors (Lipinski definition) is 3. The fourth-order valence-electron chi connectivity index (χ4n) is 1.27. The minimum Gasteiger partial charge on any atom is -0.354 e. The summed E-state index contributed by atoms with van der Waals surface area (Å²) in [6, 6.07) is 5.40. The molecule has 0 bridgehead atoms. The maximum Gasteiger partial charge on any atom is 0.230 e. The number of nitrogens with one attached hydrogen (secondary N) is 2. The van der Waals surface area contributed by atoms with Gasteiger partial charge in [-0.1, -0.05) is 29.3 Å². The molecule has 0 saturated carbocycles. The van der Waals surface area contributed by atoms with Crippen LogP contribution in [0.1, 0.15) is 5.56 Å². The molecule has 0 heterocycles. The topological polar surface area (TPSA) is 41.1 Å². The molecule has 0 saturated heterocycles. The molecule has 3 nitrogen and oxygen atoms in total. The Balaban J connectivity index is 0.00000324. The number of halogens is 3. The first-order chi connectivity index (χ1) is 8.63. The van der Waals surface area contributed by atoms with Crippen molar-refractivity contribution in [3.05, 3.63) is 33.8 Å². The van der Waals surface area contributed by atoms with Crippen LogP contribution in [0.2, 0.25) is 10.0 Å². The number of benzene rings is 1. The molecular weight excluding hydrogens is 327 g/mol. The molecule has 1 amide bonds. The first kappa shape index (κ1) is 18.9. The van der Waals surface area contributed by atoms with Crippen LogP contribution in [0.25, 0.3) is 0 Å². The molecule has 0 aromatic heterocycles. The average Bonchev–Trinajstić information content (AvgIpc) is 2.32. The average molecular weight is 344 g/mol. The highest BCUT2D eigenvalue weighted by molar-refractivity contribution is 7.99. The number of carbonyl (C=O) groups is 1. The number of hydrogen-bond donors (Lipinski definition) is 2. The van der Waals surface area contributed by atoms with Gasteiger partial charge in [0.2, 0.25) is 5.91 Å². The van der Waals surface area contributed by atoms with Gasteiger partial charge >= 0.3 is 0 Å². The third kappa shape index (κ3) is 7.90. The molecule has 0 spiro atoms. The standard InChI is InChI=1S/C12H16Cl2N2OS.ClH/c1-15-4-5-16-12(17)8-18-7-9-2-3-10(13)6-11(9)14;/h2-3,6,15H,4-5,7-8H2,1H3,(H,16,17);1H. The molecule has 1 aromatic carbocycles. The highest BCUT2D eigenvalue weighted by Gasteiger charge is 2.04. The first-order valence-electron chi connectivity index (χ1n) is 5.56. The van der Waals surface area contributed by atoms with Gasteiger partial charge in [0, 0.05) is 28.9 Å². The van der Waals surface area contributed by atoms with E-state index in [9.17, 15) is 4.79 Å². The summed E-state index contributed by atoms with van der Waals surface area (Å²) >= 11 is 13.4. The van der Waals surface area contributed by atoms with Crippen LogP contribution >= 0.6 is 47.4 Å². The molecule has 0 fully saturated rings. The Hall–Kier alpha value is -0.130. The molecule has 0 aliphatic carbocycles. The summed E-state index contributed by atoms with van der Waals surface area (Å²) in [4.78, 5) is 11.4. The number of carbonyl (C=O) groups excluding carboxylic acids is 1. The van der Waals surface area contributed by atoms with Gasteiger partial charge in [0.25, 0.3) is 0 Å². The lowest BCUT2D eigenvalue weighted by Crippen LogP contribution is -2.31. The predicted octanol–water partition coefficient (Wildman–Crippen LogP) is 2.98. The molecular formula is C12H17Cl3N2OS. The van der Waals surface area contributed by atoms with Crippen molar-refractivity contribution in [2.24, 2.45) is 0 Å². The van der Waals surface area contributed by atoms with Crippen molar-refractivity contribution in [1.82, 2.24) is 10.6 Å². The van der Waals surface area contributed by atoms with E-state index in [1.807, 2.05) is 13.1 Å². The lowest BCUT2D eigenvalue weighted by atomic mass is 10.2. The Labute approximate surface area is 134 Å². The Morgan fingerprint density at radius 1 is 1.32 bits per heavy atom. The zero-order valence-corrected chi connectivity index (χ0v) is 13.7. The largest absolute Gasteiger partial charge is 0.354 e. The second-order valence-corrected chi connectivity index (χ2v) is 5.51. The molecule has 7 heteroatoms. The van der Waals surface area contributed by atoms with Gasteiger partial charge < -0.3 is 10.6 Å². The van der Waals surface area contributed by atoms with Crippen molar-refractivity contribution in [3.8, 4) is 0 Å². The van der Waals surface area contributed by atoms with E-state index in [2.05, 4.69) is 10.6 Å². The highest BCUT2D eigenvalue weighted by Crippen LogP contribution is 2.24. The molecule has 0 aliphatic heterocycles.